The Bertz CT molecular complexity index is 629. The standard InChI is InChI=1S/C17H19N3OS/c1-2-18-17(22)20-19-12-14-8-6-7-9-15(14)13-21-16-10-4-3-5-11-16/h3-12H,2,13H2,1H3,(H2,18,20,22)/b19-12+. The van der Waals surface area contributed by atoms with E-state index < -0.39 is 0 Å². The van der Waals surface area contributed by atoms with Gasteiger partial charge in [0, 0.05) is 12.1 Å². The summed E-state index contributed by atoms with van der Waals surface area (Å²) in [4.78, 5) is 0. The summed E-state index contributed by atoms with van der Waals surface area (Å²) in [7, 11) is 0. The summed E-state index contributed by atoms with van der Waals surface area (Å²) < 4.78 is 5.78. The molecule has 4 nitrogen and oxygen atoms in total. The summed E-state index contributed by atoms with van der Waals surface area (Å²) in [5, 5.41) is 7.63. The van der Waals surface area contributed by atoms with E-state index in [9.17, 15) is 0 Å². The van der Waals surface area contributed by atoms with Crippen LogP contribution in [0.1, 0.15) is 18.1 Å². The maximum absolute atomic E-state index is 5.78. The van der Waals surface area contributed by atoms with Crippen LogP contribution >= 0.6 is 12.2 Å². The Balaban J connectivity index is 1.97. The van der Waals surface area contributed by atoms with Gasteiger partial charge in [0.1, 0.15) is 12.4 Å². The first kappa shape index (κ1) is 16.0. The number of hydrogen-bond acceptors (Lipinski definition) is 3. The number of hydrazone groups is 1. The van der Waals surface area contributed by atoms with E-state index in [1.807, 2.05) is 61.5 Å². The predicted octanol–water partition coefficient (Wildman–Crippen LogP) is 3.08. The molecule has 0 heterocycles. The Morgan fingerprint density at radius 3 is 2.64 bits per heavy atom. The Morgan fingerprint density at radius 1 is 1.14 bits per heavy atom. The van der Waals surface area contributed by atoms with Crippen molar-refractivity contribution in [2.45, 2.75) is 13.5 Å². The van der Waals surface area contributed by atoms with Crippen molar-refractivity contribution >= 4 is 23.5 Å². The van der Waals surface area contributed by atoms with Gasteiger partial charge in [-0.2, -0.15) is 5.10 Å². The van der Waals surface area contributed by atoms with Crippen LogP contribution < -0.4 is 15.5 Å². The van der Waals surface area contributed by atoms with Gasteiger partial charge in [0.25, 0.3) is 0 Å². The topological polar surface area (TPSA) is 45.7 Å². The molecule has 0 aliphatic heterocycles. The summed E-state index contributed by atoms with van der Waals surface area (Å²) >= 11 is 5.06. The van der Waals surface area contributed by atoms with Crippen molar-refractivity contribution in [2.75, 3.05) is 6.54 Å². The maximum Gasteiger partial charge on any atom is 0.186 e. The normalized spacial score (nSPS) is 10.4. The molecule has 114 valence electrons. The average molecular weight is 313 g/mol. The Hall–Kier alpha value is -2.40. The minimum absolute atomic E-state index is 0.490. The van der Waals surface area contributed by atoms with Crippen molar-refractivity contribution in [3.63, 3.8) is 0 Å². The zero-order valence-corrected chi connectivity index (χ0v) is 13.3. The zero-order chi connectivity index (χ0) is 15.6. The van der Waals surface area contributed by atoms with Crippen LogP contribution in [-0.2, 0) is 6.61 Å². The molecule has 0 fully saturated rings. The van der Waals surface area contributed by atoms with Crippen LogP contribution in [-0.4, -0.2) is 17.9 Å². The number of hydrogen-bond donors (Lipinski definition) is 2. The van der Waals surface area contributed by atoms with E-state index in [0.717, 1.165) is 23.4 Å². The van der Waals surface area contributed by atoms with Crippen LogP contribution in [0.3, 0.4) is 0 Å². The smallest absolute Gasteiger partial charge is 0.186 e. The fraction of sp³-hybridized carbons (Fsp3) is 0.176. The van der Waals surface area contributed by atoms with E-state index in [1.54, 1.807) is 6.21 Å². The Labute approximate surface area is 136 Å². The third-order valence-corrected chi connectivity index (χ3v) is 3.14. The van der Waals surface area contributed by atoms with Gasteiger partial charge in [-0.1, -0.05) is 42.5 Å². The van der Waals surface area contributed by atoms with E-state index in [4.69, 9.17) is 17.0 Å². The molecule has 22 heavy (non-hydrogen) atoms. The molecule has 0 aromatic heterocycles. The van der Waals surface area contributed by atoms with Crippen molar-refractivity contribution in [1.82, 2.24) is 10.7 Å². The van der Waals surface area contributed by atoms with Gasteiger partial charge < -0.3 is 10.1 Å². The summed E-state index contributed by atoms with van der Waals surface area (Å²) in [5.41, 5.74) is 4.83. The summed E-state index contributed by atoms with van der Waals surface area (Å²) in [6.45, 7) is 3.24. The highest BCUT2D eigenvalue weighted by atomic mass is 32.1. The number of nitrogens with zero attached hydrogens (tertiary/aromatic N) is 1. The molecule has 0 bridgehead atoms. The first-order valence-corrected chi connectivity index (χ1v) is 7.53. The lowest BCUT2D eigenvalue weighted by Crippen LogP contribution is -2.31. The molecule has 2 aromatic carbocycles. The van der Waals surface area contributed by atoms with E-state index in [1.165, 1.54) is 0 Å². The van der Waals surface area contributed by atoms with E-state index in [0.29, 0.717) is 11.7 Å². The lowest BCUT2D eigenvalue weighted by Gasteiger charge is -2.08. The maximum atomic E-state index is 5.78. The number of benzene rings is 2. The van der Waals surface area contributed by atoms with Crippen LogP contribution in [0.4, 0.5) is 0 Å². The van der Waals surface area contributed by atoms with Gasteiger partial charge in [-0.25, -0.2) is 0 Å². The second kappa shape index (κ2) is 8.79. The molecule has 0 spiro atoms. The van der Waals surface area contributed by atoms with Gasteiger partial charge in [-0.05, 0) is 36.8 Å². The van der Waals surface area contributed by atoms with Gasteiger partial charge in [-0.3, -0.25) is 5.43 Å². The monoisotopic (exact) mass is 313 g/mol. The van der Waals surface area contributed by atoms with Crippen LogP contribution in [0.2, 0.25) is 0 Å². The highest BCUT2D eigenvalue weighted by Crippen LogP contribution is 2.13. The van der Waals surface area contributed by atoms with E-state index in [2.05, 4.69) is 15.8 Å². The van der Waals surface area contributed by atoms with Crippen molar-refractivity contribution in [3.05, 3.63) is 65.7 Å². The first-order chi connectivity index (χ1) is 10.8. The number of ether oxygens (including phenoxy) is 1. The number of rotatable bonds is 6. The number of thiocarbonyl (C=S) groups is 1. The molecule has 0 atom stereocenters. The molecular formula is C17H19N3OS. The molecule has 0 unspecified atom stereocenters. The molecule has 5 heteroatoms. The number of nitrogens with one attached hydrogen (secondary N) is 2. The van der Waals surface area contributed by atoms with Gasteiger partial charge >= 0.3 is 0 Å². The third-order valence-electron chi connectivity index (χ3n) is 2.90. The van der Waals surface area contributed by atoms with Gasteiger partial charge in [0.05, 0.1) is 6.21 Å². The van der Waals surface area contributed by atoms with Crippen molar-refractivity contribution in [2.24, 2.45) is 5.10 Å². The predicted molar refractivity (Wildman–Crippen MR) is 94.2 cm³/mol. The average Bonchev–Trinajstić information content (AvgIpc) is 2.55. The van der Waals surface area contributed by atoms with E-state index >= 15 is 0 Å². The third kappa shape index (κ3) is 5.18. The highest BCUT2D eigenvalue weighted by Gasteiger charge is 2.01. The van der Waals surface area contributed by atoms with Crippen LogP contribution in [0.15, 0.2) is 59.7 Å². The van der Waals surface area contributed by atoms with Crippen molar-refractivity contribution in [3.8, 4) is 5.75 Å². The summed E-state index contributed by atoms with van der Waals surface area (Å²) in [6, 6.07) is 17.7. The van der Waals surface area contributed by atoms with Gasteiger partial charge in [0.2, 0.25) is 0 Å². The Morgan fingerprint density at radius 2 is 1.86 bits per heavy atom. The van der Waals surface area contributed by atoms with Gasteiger partial charge in [-0.15, -0.1) is 0 Å². The molecular weight excluding hydrogens is 294 g/mol. The minimum atomic E-state index is 0.490. The summed E-state index contributed by atoms with van der Waals surface area (Å²) in [6.07, 6.45) is 1.74. The van der Waals surface area contributed by atoms with Crippen LogP contribution in [0, 0.1) is 0 Å². The molecule has 0 saturated heterocycles. The molecule has 2 aromatic rings. The fourth-order valence-electron chi connectivity index (χ4n) is 1.83. The van der Waals surface area contributed by atoms with Gasteiger partial charge in [0.15, 0.2) is 5.11 Å². The lowest BCUT2D eigenvalue weighted by atomic mass is 10.1. The first-order valence-electron chi connectivity index (χ1n) is 7.12. The molecule has 0 amide bonds. The fourth-order valence-corrected chi connectivity index (χ4v) is 2.03. The zero-order valence-electron chi connectivity index (χ0n) is 12.5. The van der Waals surface area contributed by atoms with E-state index in [-0.39, 0.29) is 0 Å². The molecule has 0 radical (unpaired) electrons. The largest absolute Gasteiger partial charge is 0.489 e. The Kier molecular flexibility index (Phi) is 6.39. The highest BCUT2D eigenvalue weighted by molar-refractivity contribution is 7.80. The van der Waals surface area contributed by atoms with Crippen molar-refractivity contribution < 1.29 is 4.74 Å². The SMILES string of the molecule is CCNC(=S)N/N=C/c1ccccc1COc1ccccc1. The molecule has 0 aliphatic rings. The molecule has 0 saturated carbocycles. The van der Waals surface area contributed by atoms with Crippen molar-refractivity contribution in [1.29, 1.82) is 0 Å². The number of para-hydroxylation sites is 1. The lowest BCUT2D eigenvalue weighted by molar-refractivity contribution is 0.306. The second-order valence-electron chi connectivity index (χ2n) is 4.53. The quantitative estimate of drug-likeness (QED) is 0.489. The van der Waals surface area contributed by atoms with Crippen LogP contribution in [0.25, 0.3) is 0 Å². The minimum Gasteiger partial charge on any atom is -0.489 e. The molecule has 2 N–H and O–H groups in total. The second-order valence-corrected chi connectivity index (χ2v) is 4.94. The van der Waals surface area contributed by atoms with Crippen LogP contribution in [0.5, 0.6) is 5.75 Å². The molecule has 0 aliphatic carbocycles. The molecule has 2 rings (SSSR count). The summed E-state index contributed by atoms with van der Waals surface area (Å²) in [5.74, 6) is 0.848.